The van der Waals surface area contributed by atoms with Crippen molar-refractivity contribution in [1.82, 2.24) is 5.32 Å². The summed E-state index contributed by atoms with van der Waals surface area (Å²) in [6.07, 6.45) is 0.910. The third kappa shape index (κ3) is 3.87. The van der Waals surface area contributed by atoms with Gasteiger partial charge in [-0.05, 0) is 42.8 Å². The van der Waals surface area contributed by atoms with Gasteiger partial charge in [0.25, 0.3) is 0 Å². The van der Waals surface area contributed by atoms with Crippen LogP contribution in [0.25, 0.3) is 0 Å². The summed E-state index contributed by atoms with van der Waals surface area (Å²) in [5.41, 5.74) is 2.13. The number of hydrogen-bond acceptors (Lipinski definition) is 2. The van der Waals surface area contributed by atoms with E-state index >= 15 is 0 Å². The van der Waals surface area contributed by atoms with Gasteiger partial charge in [-0.2, -0.15) is 0 Å². The molecule has 0 spiro atoms. The fourth-order valence-electron chi connectivity index (χ4n) is 1.40. The summed E-state index contributed by atoms with van der Waals surface area (Å²) < 4.78 is 5.62. The quantitative estimate of drug-likeness (QED) is 0.771. The smallest absolute Gasteiger partial charge is 0.120 e. The van der Waals surface area contributed by atoms with Gasteiger partial charge in [0.2, 0.25) is 0 Å². The molecule has 0 radical (unpaired) electrons. The zero-order chi connectivity index (χ0) is 12.0. The molecule has 1 aromatic rings. The van der Waals surface area contributed by atoms with Crippen molar-refractivity contribution < 1.29 is 4.74 Å². The Hall–Kier alpha value is -0.990. The predicted octanol–water partition coefficient (Wildman–Crippen LogP) is 3.06. The molecule has 1 rings (SSSR count). The first-order valence-electron chi connectivity index (χ1n) is 5.39. The second-order valence-corrected chi connectivity index (χ2v) is 4.08. The lowest BCUT2D eigenvalue weighted by molar-refractivity contribution is 0.349. The lowest BCUT2D eigenvalue weighted by Gasteiger charge is -2.10. The Morgan fingerprint density at radius 1 is 1.50 bits per heavy atom. The van der Waals surface area contributed by atoms with Gasteiger partial charge in [-0.3, -0.25) is 0 Å². The minimum absolute atomic E-state index is 0.533. The predicted molar refractivity (Wildman–Crippen MR) is 69.4 cm³/mol. The van der Waals surface area contributed by atoms with Crippen LogP contribution < -0.4 is 10.1 Å². The van der Waals surface area contributed by atoms with E-state index in [9.17, 15) is 0 Å². The third-order valence-electron chi connectivity index (χ3n) is 2.27. The van der Waals surface area contributed by atoms with Gasteiger partial charge in [-0.1, -0.05) is 25.1 Å². The SMILES string of the molecule is C=C(CNC)COc1ccc(Cl)c(CC)c1. The van der Waals surface area contributed by atoms with E-state index in [2.05, 4.69) is 18.8 Å². The van der Waals surface area contributed by atoms with Crippen molar-refractivity contribution in [3.8, 4) is 5.75 Å². The molecule has 88 valence electrons. The molecule has 0 saturated heterocycles. The minimum Gasteiger partial charge on any atom is -0.489 e. The van der Waals surface area contributed by atoms with Crippen LogP contribution in [0.15, 0.2) is 30.4 Å². The van der Waals surface area contributed by atoms with Crippen LogP contribution in [-0.2, 0) is 6.42 Å². The average molecular weight is 240 g/mol. The summed E-state index contributed by atoms with van der Waals surface area (Å²) in [5.74, 6) is 0.846. The van der Waals surface area contributed by atoms with E-state index < -0.39 is 0 Å². The van der Waals surface area contributed by atoms with Gasteiger partial charge >= 0.3 is 0 Å². The zero-order valence-electron chi connectivity index (χ0n) is 9.85. The molecule has 2 nitrogen and oxygen atoms in total. The number of nitrogens with one attached hydrogen (secondary N) is 1. The van der Waals surface area contributed by atoms with Gasteiger partial charge in [-0.25, -0.2) is 0 Å². The molecule has 0 bridgehead atoms. The van der Waals surface area contributed by atoms with Crippen LogP contribution in [0.2, 0.25) is 5.02 Å². The normalized spacial score (nSPS) is 10.2. The lowest BCUT2D eigenvalue weighted by atomic mass is 10.1. The molecule has 0 aliphatic rings. The maximum atomic E-state index is 6.03. The number of rotatable bonds is 6. The van der Waals surface area contributed by atoms with E-state index in [1.165, 1.54) is 0 Å². The van der Waals surface area contributed by atoms with Crippen LogP contribution in [0.3, 0.4) is 0 Å². The van der Waals surface area contributed by atoms with Gasteiger partial charge in [0.05, 0.1) is 0 Å². The van der Waals surface area contributed by atoms with E-state index in [1.807, 2.05) is 25.2 Å². The molecular formula is C13H18ClNO. The van der Waals surface area contributed by atoms with Crippen molar-refractivity contribution in [2.45, 2.75) is 13.3 Å². The highest BCUT2D eigenvalue weighted by atomic mass is 35.5. The maximum Gasteiger partial charge on any atom is 0.120 e. The summed E-state index contributed by atoms with van der Waals surface area (Å²) in [7, 11) is 1.89. The first kappa shape index (κ1) is 13.1. The number of halogens is 1. The molecule has 0 unspecified atom stereocenters. The van der Waals surface area contributed by atoms with E-state index in [0.717, 1.165) is 34.9 Å². The first-order chi connectivity index (χ1) is 7.67. The summed E-state index contributed by atoms with van der Waals surface area (Å²) >= 11 is 6.03. The molecule has 1 aromatic carbocycles. The lowest BCUT2D eigenvalue weighted by Crippen LogP contribution is -2.14. The van der Waals surface area contributed by atoms with E-state index in [1.54, 1.807) is 0 Å². The Morgan fingerprint density at radius 2 is 2.25 bits per heavy atom. The monoisotopic (exact) mass is 239 g/mol. The van der Waals surface area contributed by atoms with E-state index in [4.69, 9.17) is 16.3 Å². The summed E-state index contributed by atoms with van der Waals surface area (Å²) in [6.45, 7) is 7.29. The molecule has 0 fully saturated rings. The van der Waals surface area contributed by atoms with Crippen LogP contribution >= 0.6 is 11.6 Å². The van der Waals surface area contributed by atoms with Gasteiger partial charge in [0.1, 0.15) is 12.4 Å². The van der Waals surface area contributed by atoms with Gasteiger partial charge in [0.15, 0.2) is 0 Å². The van der Waals surface area contributed by atoms with Crippen molar-refractivity contribution in [3.63, 3.8) is 0 Å². The molecule has 3 heteroatoms. The van der Waals surface area contributed by atoms with Crippen molar-refractivity contribution in [2.75, 3.05) is 20.2 Å². The zero-order valence-corrected chi connectivity index (χ0v) is 10.6. The average Bonchev–Trinajstić information content (AvgIpc) is 2.28. The van der Waals surface area contributed by atoms with Crippen molar-refractivity contribution in [1.29, 1.82) is 0 Å². The Morgan fingerprint density at radius 3 is 2.88 bits per heavy atom. The number of hydrogen-bond donors (Lipinski definition) is 1. The summed E-state index contributed by atoms with van der Waals surface area (Å²) in [6, 6.07) is 5.74. The molecule has 0 saturated carbocycles. The Balaban J connectivity index is 2.57. The summed E-state index contributed by atoms with van der Waals surface area (Å²) in [4.78, 5) is 0. The van der Waals surface area contributed by atoms with Crippen molar-refractivity contribution in [2.24, 2.45) is 0 Å². The second-order valence-electron chi connectivity index (χ2n) is 3.68. The maximum absolute atomic E-state index is 6.03. The Kier molecular flexibility index (Phi) is 5.36. The highest BCUT2D eigenvalue weighted by Crippen LogP contribution is 2.22. The standard InChI is InChI=1S/C13H18ClNO/c1-4-11-7-12(5-6-13(11)14)16-9-10(2)8-15-3/h5-7,15H,2,4,8-9H2,1,3H3. The topological polar surface area (TPSA) is 21.3 Å². The Labute approximate surface area is 102 Å². The molecule has 0 aliphatic carbocycles. The molecule has 0 atom stereocenters. The van der Waals surface area contributed by atoms with Crippen LogP contribution in [-0.4, -0.2) is 20.2 Å². The highest BCUT2D eigenvalue weighted by molar-refractivity contribution is 6.31. The summed E-state index contributed by atoms with van der Waals surface area (Å²) in [5, 5.41) is 3.83. The van der Waals surface area contributed by atoms with Crippen LogP contribution in [0, 0.1) is 0 Å². The minimum atomic E-state index is 0.533. The third-order valence-corrected chi connectivity index (χ3v) is 2.64. The molecule has 0 amide bonds. The fraction of sp³-hybridized carbons (Fsp3) is 0.385. The fourth-order valence-corrected chi connectivity index (χ4v) is 1.65. The number of benzene rings is 1. The van der Waals surface area contributed by atoms with Gasteiger partial charge in [0, 0.05) is 11.6 Å². The molecule has 1 N–H and O–H groups in total. The molecule has 0 aromatic heterocycles. The molecule has 16 heavy (non-hydrogen) atoms. The number of aryl methyl sites for hydroxylation is 1. The number of ether oxygens (including phenoxy) is 1. The first-order valence-corrected chi connectivity index (χ1v) is 5.77. The van der Waals surface area contributed by atoms with E-state index in [-0.39, 0.29) is 0 Å². The van der Waals surface area contributed by atoms with Gasteiger partial charge in [-0.15, -0.1) is 0 Å². The Bertz CT molecular complexity index is 363. The van der Waals surface area contributed by atoms with Crippen molar-refractivity contribution >= 4 is 11.6 Å². The van der Waals surface area contributed by atoms with Crippen LogP contribution in [0.5, 0.6) is 5.75 Å². The van der Waals surface area contributed by atoms with Crippen LogP contribution in [0.1, 0.15) is 12.5 Å². The molecule has 0 aliphatic heterocycles. The van der Waals surface area contributed by atoms with Crippen molar-refractivity contribution in [3.05, 3.63) is 40.9 Å². The van der Waals surface area contributed by atoms with Gasteiger partial charge < -0.3 is 10.1 Å². The molecular weight excluding hydrogens is 222 g/mol. The molecule has 0 heterocycles. The highest BCUT2D eigenvalue weighted by Gasteiger charge is 2.01. The largest absolute Gasteiger partial charge is 0.489 e. The van der Waals surface area contributed by atoms with Crippen LogP contribution in [0.4, 0.5) is 0 Å². The number of likely N-dealkylation sites (N-methyl/N-ethyl adjacent to an activating group) is 1. The second kappa shape index (κ2) is 6.56. The van der Waals surface area contributed by atoms with E-state index in [0.29, 0.717) is 6.61 Å².